The standard InChI is InChI=1S/C14H18ClF3N2O2/c1-22-8-2-6-20-13(21)5-7-19-10-3-4-12(15)11(9-10)14(16,17)18/h3-4,9,19H,2,5-8H2,1H3,(H,20,21). The monoisotopic (exact) mass is 338 g/mol. The minimum Gasteiger partial charge on any atom is -0.385 e. The van der Waals surface area contributed by atoms with Crippen LogP contribution in [0.1, 0.15) is 18.4 Å². The van der Waals surface area contributed by atoms with Crippen LogP contribution in [0, 0.1) is 0 Å². The van der Waals surface area contributed by atoms with Gasteiger partial charge in [-0.15, -0.1) is 0 Å². The van der Waals surface area contributed by atoms with Crippen molar-refractivity contribution in [1.82, 2.24) is 5.32 Å². The highest BCUT2D eigenvalue weighted by atomic mass is 35.5. The molecule has 0 fully saturated rings. The number of amides is 1. The summed E-state index contributed by atoms with van der Waals surface area (Å²) in [7, 11) is 1.58. The number of carbonyl (C=O) groups is 1. The fourth-order valence-electron chi connectivity index (χ4n) is 1.71. The second kappa shape index (κ2) is 8.85. The van der Waals surface area contributed by atoms with E-state index in [2.05, 4.69) is 10.6 Å². The van der Waals surface area contributed by atoms with Gasteiger partial charge in [0.25, 0.3) is 0 Å². The van der Waals surface area contributed by atoms with Crippen molar-refractivity contribution in [3.63, 3.8) is 0 Å². The summed E-state index contributed by atoms with van der Waals surface area (Å²) in [5.41, 5.74) is -0.632. The topological polar surface area (TPSA) is 50.4 Å². The summed E-state index contributed by atoms with van der Waals surface area (Å²) in [5, 5.41) is 5.11. The van der Waals surface area contributed by atoms with Crippen LogP contribution in [-0.2, 0) is 15.7 Å². The maximum Gasteiger partial charge on any atom is 0.417 e. The molecule has 8 heteroatoms. The quantitative estimate of drug-likeness (QED) is 0.715. The van der Waals surface area contributed by atoms with E-state index in [1.165, 1.54) is 12.1 Å². The Morgan fingerprint density at radius 3 is 2.68 bits per heavy atom. The number of hydrogen-bond acceptors (Lipinski definition) is 3. The van der Waals surface area contributed by atoms with Crippen LogP contribution in [0.5, 0.6) is 0 Å². The first kappa shape index (κ1) is 18.6. The molecule has 0 saturated heterocycles. The van der Waals surface area contributed by atoms with E-state index < -0.39 is 11.7 Å². The first-order valence-electron chi connectivity index (χ1n) is 6.71. The fraction of sp³-hybridized carbons (Fsp3) is 0.500. The van der Waals surface area contributed by atoms with Gasteiger partial charge in [-0.05, 0) is 24.6 Å². The molecule has 22 heavy (non-hydrogen) atoms. The van der Waals surface area contributed by atoms with Gasteiger partial charge >= 0.3 is 6.18 Å². The van der Waals surface area contributed by atoms with Crippen LogP contribution in [-0.4, -0.2) is 32.7 Å². The van der Waals surface area contributed by atoms with Gasteiger partial charge in [-0.1, -0.05) is 11.6 Å². The molecular weight excluding hydrogens is 321 g/mol. The Morgan fingerprint density at radius 1 is 1.32 bits per heavy atom. The molecule has 0 bridgehead atoms. The molecule has 0 aliphatic rings. The lowest BCUT2D eigenvalue weighted by atomic mass is 10.2. The van der Waals surface area contributed by atoms with Crippen molar-refractivity contribution in [1.29, 1.82) is 0 Å². The molecule has 1 aromatic rings. The first-order valence-corrected chi connectivity index (χ1v) is 7.08. The molecule has 2 N–H and O–H groups in total. The number of ether oxygens (including phenoxy) is 1. The molecule has 0 atom stereocenters. The molecular formula is C14H18ClF3N2O2. The number of rotatable bonds is 8. The highest BCUT2D eigenvalue weighted by molar-refractivity contribution is 6.31. The second-order valence-corrected chi connectivity index (χ2v) is 4.97. The van der Waals surface area contributed by atoms with Crippen molar-refractivity contribution >= 4 is 23.2 Å². The van der Waals surface area contributed by atoms with E-state index in [1.54, 1.807) is 7.11 Å². The Morgan fingerprint density at radius 2 is 2.05 bits per heavy atom. The third kappa shape index (κ3) is 6.53. The second-order valence-electron chi connectivity index (χ2n) is 4.57. The summed E-state index contributed by atoms with van der Waals surface area (Å²) in [5.74, 6) is -0.173. The number of nitrogens with one attached hydrogen (secondary N) is 2. The number of alkyl halides is 3. The molecule has 1 amide bonds. The van der Waals surface area contributed by atoms with Gasteiger partial charge in [0.05, 0.1) is 10.6 Å². The number of anilines is 1. The Labute approximate surface area is 132 Å². The van der Waals surface area contributed by atoms with Crippen molar-refractivity contribution < 1.29 is 22.7 Å². The molecule has 0 heterocycles. The lowest BCUT2D eigenvalue weighted by molar-refractivity contribution is -0.137. The Hall–Kier alpha value is -1.47. The highest BCUT2D eigenvalue weighted by Gasteiger charge is 2.33. The third-order valence-electron chi connectivity index (χ3n) is 2.80. The largest absolute Gasteiger partial charge is 0.417 e. The summed E-state index contributed by atoms with van der Waals surface area (Å²) in [6, 6.07) is 3.55. The van der Waals surface area contributed by atoms with Crippen LogP contribution >= 0.6 is 11.6 Å². The van der Waals surface area contributed by atoms with Gasteiger partial charge < -0.3 is 15.4 Å². The number of benzene rings is 1. The molecule has 0 saturated carbocycles. The molecule has 1 aromatic carbocycles. The number of methoxy groups -OCH3 is 1. The average molecular weight is 339 g/mol. The SMILES string of the molecule is COCCCNC(=O)CCNc1ccc(Cl)c(C(F)(F)F)c1. The lowest BCUT2D eigenvalue weighted by Crippen LogP contribution is -2.26. The first-order chi connectivity index (χ1) is 10.3. The minimum absolute atomic E-state index is 0.164. The molecule has 0 aliphatic carbocycles. The van der Waals surface area contributed by atoms with E-state index in [1.807, 2.05) is 0 Å². The highest BCUT2D eigenvalue weighted by Crippen LogP contribution is 2.36. The fourth-order valence-corrected chi connectivity index (χ4v) is 1.93. The summed E-state index contributed by atoms with van der Waals surface area (Å²) < 4.78 is 42.9. The Kier molecular flexibility index (Phi) is 7.47. The molecule has 124 valence electrons. The van der Waals surface area contributed by atoms with Crippen LogP contribution in [0.15, 0.2) is 18.2 Å². The lowest BCUT2D eigenvalue weighted by Gasteiger charge is -2.12. The van der Waals surface area contributed by atoms with Gasteiger partial charge in [0.15, 0.2) is 0 Å². The maximum atomic E-state index is 12.7. The van der Waals surface area contributed by atoms with Gasteiger partial charge in [0.1, 0.15) is 0 Å². The van der Waals surface area contributed by atoms with E-state index in [4.69, 9.17) is 16.3 Å². The predicted octanol–water partition coefficient (Wildman–Crippen LogP) is 3.31. The van der Waals surface area contributed by atoms with E-state index in [0.29, 0.717) is 19.6 Å². The predicted molar refractivity (Wildman–Crippen MR) is 79.1 cm³/mol. The van der Waals surface area contributed by atoms with Crippen LogP contribution in [0.3, 0.4) is 0 Å². The van der Waals surface area contributed by atoms with Crippen LogP contribution in [0.2, 0.25) is 5.02 Å². The third-order valence-corrected chi connectivity index (χ3v) is 3.13. The molecule has 0 radical (unpaired) electrons. The molecule has 0 aromatic heterocycles. The maximum absolute atomic E-state index is 12.7. The van der Waals surface area contributed by atoms with E-state index in [0.717, 1.165) is 6.07 Å². The summed E-state index contributed by atoms with van der Waals surface area (Å²) >= 11 is 5.53. The van der Waals surface area contributed by atoms with Crippen molar-refractivity contribution in [3.05, 3.63) is 28.8 Å². The van der Waals surface area contributed by atoms with Gasteiger partial charge in [-0.3, -0.25) is 4.79 Å². The normalized spacial score (nSPS) is 11.3. The van der Waals surface area contributed by atoms with E-state index in [-0.39, 0.29) is 29.6 Å². The molecule has 4 nitrogen and oxygen atoms in total. The van der Waals surface area contributed by atoms with Gasteiger partial charge in [-0.25, -0.2) is 0 Å². The number of carbonyl (C=O) groups excluding carboxylic acids is 1. The van der Waals surface area contributed by atoms with Crippen LogP contribution in [0.4, 0.5) is 18.9 Å². The van der Waals surface area contributed by atoms with Crippen molar-refractivity contribution in [2.45, 2.75) is 19.0 Å². The minimum atomic E-state index is -4.51. The Balaban J connectivity index is 2.41. The molecule has 1 rings (SSSR count). The van der Waals surface area contributed by atoms with Crippen molar-refractivity contribution in [3.8, 4) is 0 Å². The van der Waals surface area contributed by atoms with Crippen molar-refractivity contribution in [2.24, 2.45) is 0 Å². The average Bonchev–Trinajstić information content (AvgIpc) is 2.44. The molecule has 0 unspecified atom stereocenters. The smallest absolute Gasteiger partial charge is 0.385 e. The molecule has 0 aliphatic heterocycles. The van der Waals surface area contributed by atoms with E-state index >= 15 is 0 Å². The van der Waals surface area contributed by atoms with Crippen LogP contribution < -0.4 is 10.6 Å². The van der Waals surface area contributed by atoms with Crippen molar-refractivity contribution in [2.75, 3.05) is 32.1 Å². The van der Waals surface area contributed by atoms with E-state index in [9.17, 15) is 18.0 Å². The van der Waals surface area contributed by atoms with Gasteiger partial charge in [-0.2, -0.15) is 13.2 Å². The number of hydrogen-bond donors (Lipinski definition) is 2. The van der Waals surface area contributed by atoms with Crippen LogP contribution in [0.25, 0.3) is 0 Å². The zero-order valence-corrected chi connectivity index (χ0v) is 12.9. The summed E-state index contributed by atoms with van der Waals surface area (Å²) in [6.45, 7) is 1.30. The summed E-state index contributed by atoms with van der Waals surface area (Å²) in [6.07, 6.45) is -3.63. The van der Waals surface area contributed by atoms with Gasteiger partial charge in [0, 0.05) is 38.9 Å². The molecule has 0 spiro atoms. The zero-order valence-electron chi connectivity index (χ0n) is 12.1. The van der Waals surface area contributed by atoms with Gasteiger partial charge in [0.2, 0.25) is 5.91 Å². The zero-order chi connectivity index (χ0) is 16.6. The summed E-state index contributed by atoms with van der Waals surface area (Å²) in [4.78, 5) is 11.5. The Bertz CT molecular complexity index is 495. The number of halogens is 4.